The molecule has 0 fully saturated rings. The first-order valence-corrected chi connectivity index (χ1v) is 4.84. The Morgan fingerprint density at radius 1 is 1.77 bits per heavy atom. The molecule has 4 nitrogen and oxygen atoms in total. The number of carbonyl (C=O) groups is 1. The van der Waals surface area contributed by atoms with Crippen LogP contribution in [0.5, 0.6) is 0 Å². The number of hydrogen-bond donors (Lipinski definition) is 1. The molecule has 70 valence electrons. The van der Waals surface area contributed by atoms with Gasteiger partial charge in [-0.15, -0.1) is 0 Å². The summed E-state index contributed by atoms with van der Waals surface area (Å²) >= 11 is 1.37. The minimum atomic E-state index is -0.300. The Morgan fingerprint density at radius 2 is 2.54 bits per heavy atom. The van der Waals surface area contributed by atoms with E-state index in [1.807, 2.05) is 6.92 Å². The summed E-state index contributed by atoms with van der Waals surface area (Å²) < 4.78 is 0. The lowest BCUT2D eigenvalue weighted by molar-refractivity contribution is -0.117. The molecule has 1 unspecified atom stereocenters. The van der Waals surface area contributed by atoms with Crippen LogP contribution >= 0.6 is 11.8 Å². The third kappa shape index (κ3) is 3.02. The van der Waals surface area contributed by atoms with Crippen LogP contribution in [0.2, 0.25) is 0 Å². The zero-order valence-corrected chi connectivity index (χ0v) is 8.12. The summed E-state index contributed by atoms with van der Waals surface area (Å²) in [5, 5.41) is 0.579. The summed E-state index contributed by atoms with van der Waals surface area (Å²) in [7, 11) is 0. The van der Waals surface area contributed by atoms with Crippen LogP contribution in [0.25, 0.3) is 0 Å². The van der Waals surface area contributed by atoms with Gasteiger partial charge in [-0.25, -0.2) is 9.97 Å². The molecule has 0 spiro atoms. The predicted molar refractivity (Wildman–Crippen MR) is 51.2 cm³/mol. The second kappa shape index (κ2) is 4.81. The fourth-order valence-electron chi connectivity index (χ4n) is 0.837. The first-order chi connectivity index (χ1) is 6.24. The lowest BCUT2D eigenvalue weighted by atomic mass is 10.3. The average molecular weight is 197 g/mol. The van der Waals surface area contributed by atoms with Crippen molar-refractivity contribution in [2.24, 2.45) is 5.73 Å². The summed E-state index contributed by atoms with van der Waals surface area (Å²) in [5.41, 5.74) is 5.19. The van der Waals surface area contributed by atoms with Crippen molar-refractivity contribution in [2.45, 2.75) is 23.6 Å². The van der Waals surface area contributed by atoms with Gasteiger partial charge in [0, 0.05) is 6.20 Å². The van der Waals surface area contributed by atoms with E-state index < -0.39 is 0 Å². The Labute approximate surface area is 81.0 Å². The molecule has 0 aliphatic rings. The highest BCUT2D eigenvalue weighted by atomic mass is 32.2. The van der Waals surface area contributed by atoms with Crippen molar-refractivity contribution in [2.75, 3.05) is 0 Å². The standard InChI is InChI=1S/C8H11N3OS/c1-2-6(8(9)12)13-7-3-4-10-5-11-7/h3-6H,2H2,1H3,(H2,9,12). The molecular weight excluding hydrogens is 186 g/mol. The van der Waals surface area contributed by atoms with E-state index in [9.17, 15) is 4.79 Å². The Morgan fingerprint density at radius 3 is 3.00 bits per heavy atom. The molecule has 1 heterocycles. The summed E-state index contributed by atoms with van der Waals surface area (Å²) in [6.45, 7) is 1.92. The van der Waals surface area contributed by atoms with Gasteiger partial charge < -0.3 is 5.73 Å². The van der Waals surface area contributed by atoms with Crippen molar-refractivity contribution in [3.05, 3.63) is 18.6 Å². The maximum Gasteiger partial charge on any atom is 0.230 e. The van der Waals surface area contributed by atoms with E-state index >= 15 is 0 Å². The van der Waals surface area contributed by atoms with Gasteiger partial charge in [-0.05, 0) is 12.5 Å². The molecule has 2 N–H and O–H groups in total. The Balaban J connectivity index is 2.62. The largest absolute Gasteiger partial charge is 0.369 e. The molecule has 0 bridgehead atoms. The number of hydrogen-bond acceptors (Lipinski definition) is 4. The van der Waals surface area contributed by atoms with Crippen LogP contribution in [0.15, 0.2) is 23.6 Å². The minimum Gasteiger partial charge on any atom is -0.369 e. The van der Waals surface area contributed by atoms with E-state index in [2.05, 4.69) is 9.97 Å². The van der Waals surface area contributed by atoms with Gasteiger partial charge in [-0.1, -0.05) is 18.7 Å². The van der Waals surface area contributed by atoms with Gasteiger partial charge in [0.25, 0.3) is 0 Å². The molecule has 1 rings (SSSR count). The van der Waals surface area contributed by atoms with Crippen molar-refractivity contribution in [3.63, 3.8) is 0 Å². The number of nitrogens with two attached hydrogens (primary N) is 1. The first-order valence-electron chi connectivity index (χ1n) is 3.96. The van der Waals surface area contributed by atoms with Crippen molar-refractivity contribution in [1.82, 2.24) is 9.97 Å². The smallest absolute Gasteiger partial charge is 0.230 e. The predicted octanol–water partition coefficient (Wildman–Crippen LogP) is 0.833. The summed E-state index contributed by atoms with van der Waals surface area (Å²) in [5.74, 6) is -0.300. The van der Waals surface area contributed by atoms with Gasteiger partial charge in [0.15, 0.2) is 0 Å². The fraction of sp³-hybridized carbons (Fsp3) is 0.375. The number of amides is 1. The van der Waals surface area contributed by atoms with Crippen LogP contribution in [0.1, 0.15) is 13.3 Å². The zero-order chi connectivity index (χ0) is 9.68. The second-order valence-corrected chi connectivity index (χ2v) is 3.69. The number of rotatable bonds is 4. The quantitative estimate of drug-likeness (QED) is 0.573. The highest BCUT2D eigenvalue weighted by molar-refractivity contribution is 8.00. The average Bonchev–Trinajstić information content (AvgIpc) is 2.15. The molecule has 0 aliphatic carbocycles. The molecule has 1 amide bonds. The maximum atomic E-state index is 10.9. The van der Waals surface area contributed by atoms with Crippen LogP contribution in [-0.4, -0.2) is 21.1 Å². The molecule has 13 heavy (non-hydrogen) atoms. The summed E-state index contributed by atoms with van der Waals surface area (Å²) in [6.07, 6.45) is 3.81. The van der Waals surface area contributed by atoms with Gasteiger partial charge in [0.05, 0.1) is 5.25 Å². The molecule has 5 heteroatoms. The van der Waals surface area contributed by atoms with Gasteiger partial charge >= 0.3 is 0 Å². The molecule has 1 aromatic heterocycles. The van der Waals surface area contributed by atoms with Crippen molar-refractivity contribution in [1.29, 1.82) is 0 Å². The topological polar surface area (TPSA) is 68.9 Å². The van der Waals surface area contributed by atoms with Crippen LogP contribution in [0.3, 0.4) is 0 Å². The molecule has 0 aliphatic heterocycles. The van der Waals surface area contributed by atoms with Crippen molar-refractivity contribution in [3.8, 4) is 0 Å². The number of carbonyl (C=O) groups excluding carboxylic acids is 1. The van der Waals surface area contributed by atoms with Crippen LogP contribution in [-0.2, 0) is 4.79 Å². The third-order valence-corrected chi connectivity index (χ3v) is 2.84. The SMILES string of the molecule is CCC(Sc1ccncn1)C(N)=O. The molecule has 1 atom stereocenters. The summed E-state index contributed by atoms with van der Waals surface area (Å²) in [6, 6.07) is 1.76. The number of nitrogens with zero attached hydrogens (tertiary/aromatic N) is 2. The van der Waals surface area contributed by atoms with E-state index in [1.54, 1.807) is 12.3 Å². The lowest BCUT2D eigenvalue weighted by Crippen LogP contribution is -2.24. The molecule has 0 saturated carbocycles. The fourth-order valence-corrected chi connectivity index (χ4v) is 1.66. The van der Waals surface area contributed by atoms with Crippen LogP contribution in [0, 0.1) is 0 Å². The van der Waals surface area contributed by atoms with Crippen molar-refractivity contribution >= 4 is 17.7 Å². The lowest BCUT2D eigenvalue weighted by Gasteiger charge is -2.08. The zero-order valence-electron chi connectivity index (χ0n) is 7.30. The van der Waals surface area contributed by atoms with Crippen LogP contribution < -0.4 is 5.73 Å². The molecule has 0 aromatic carbocycles. The van der Waals surface area contributed by atoms with E-state index in [-0.39, 0.29) is 11.2 Å². The van der Waals surface area contributed by atoms with E-state index in [0.29, 0.717) is 6.42 Å². The number of thioether (sulfide) groups is 1. The monoisotopic (exact) mass is 197 g/mol. The number of primary amides is 1. The molecular formula is C8H11N3OS. The Hall–Kier alpha value is -1.10. The van der Waals surface area contributed by atoms with Gasteiger partial charge in [0.2, 0.25) is 5.91 Å². The van der Waals surface area contributed by atoms with Crippen LogP contribution in [0.4, 0.5) is 0 Å². The third-order valence-electron chi connectivity index (χ3n) is 1.51. The molecule has 0 saturated heterocycles. The maximum absolute atomic E-state index is 10.9. The Kier molecular flexibility index (Phi) is 3.70. The van der Waals surface area contributed by atoms with Gasteiger partial charge in [-0.3, -0.25) is 4.79 Å². The molecule has 0 radical (unpaired) electrons. The minimum absolute atomic E-state index is 0.199. The van der Waals surface area contributed by atoms with Crippen molar-refractivity contribution < 1.29 is 4.79 Å². The van der Waals surface area contributed by atoms with E-state index in [4.69, 9.17) is 5.73 Å². The highest BCUT2D eigenvalue weighted by Crippen LogP contribution is 2.21. The highest BCUT2D eigenvalue weighted by Gasteiger charge is 2.14. The van der Waals surface area contributed by atoms with Gasteiger partial charge in [0.1, 0.15) is 11.4 Å². The second-order valence-electron chi connectivity index (χ2n) is 2.46. The van der Waals surface area contributed by atoms with E-state index in [0.717, 1.165) is 5.03 Å². The van der Waals surface area contributed by atoms with E-state index in [1.165, 1.54) is 18.1 Å². The Bertz CT molecular complexity index is 278. The number of aromatic nitrogens is 2. The molecule has 1 aromatic rings. The first kappa shape index (κ1) is 9.98. The summed E-state index contributed by atoms with van der Waals surface area (Å²) in [4.78, 5) is 18.7. The van der Waals surface area contributed by atoms with Gasteiger partial charge in [-0.2, -0.15) is 0 Å². The normalized spacial score (nSPS) is 12.4.